The first kappa shape index (κ1) is 11.9. The van der Waals surface area contributed by atoms with Crippen molar-refractivity contribution in [3.05, 3.63) is 0 Å². The Morgan fingerprint density at radius 2 is 1.33 bits per heavy atom. The molecule has 4 fully saturated rings. The number of fused-ring (bicyclic) bond motifs is 8. The molecule has 4 aliphatic rings. The largest absolute Gasteiger partial charge is 0.260 e. The van der Waals surface area contributed by atoms with E-state index in [0.29, 0.717) is 0 Å². The average molecular weight is 266 g/mol. The van der Waals surface area contributed by atoms with Gasteiger partial charge in [-0.25, -0.2) is 0 Å². The minimum atomic E-state index is -0.467. The van der Waals surface area contributed by atoms with Gasteiger partial charge in [-0.1, -0.05) is 26.7 Å². The summed E-state index contributed by atoms with van der Waals surface area (Å²) in [6, 6.07) is 0. The van der Waals surface area contributed by atoms with Crippen LogP contribution in [0.1, 0.15) is 39.5 Å². The molecule has 0 radical (unpaired) electrons. The topological polar surface area (TPSA) is 17.1 Å². The van der Waals surface area contributed by atoms with Crippen molar-refractivity contribution in [1.82, 2.24) is 0 Å². The van der Waals surface area contributed by atoms with Gasteiger partial charge in [0, 0.05) is 22.3 Å². The van der Waals surface area contributed by atoms with Crippen molar-refractivity contribution in [3.63, 3.8) is 0 Å². The molecule has 0 aromatic rings. The number of hydrogen-bond acceptors (Lipinski definition) is 1. The maximum absolute atomic E-state index is 11.9. The molecular weight excluding hydrogens is 240 g/mol. The minimum absolute atomic E-state index is 0.467. The standard InChI is InChI=1S/C16H26OS/c1-3-9-5-10(4-2)16-12-6-11(15(9)16)13-7-18(17)8-14(12)13/h9-16H,3-8H2,1-2H3. The molecule has 8 atom stereocenters. The van der Waals surface area contributed by atoms with E-state index in [-0.39, 0.29) is 0 Å². The molecule has 0 aromatic heterocycles. The maximum atomic E-state index is 11.9. The summed E-state index contributed by atoms with van der Waals surface area (Å²) in [4.78, 5) is 0. The van der Waals surface area contributed by atoms with Gasteiger partial charge in [0.05, 0.1) is 0 Å². The summed E-state index contributed by atoms with van der Waals surface area (Å²) in [5, 5.41) is 0. The third-order valence-electron chi connectivity index (χ3n) is 7.13. The van der Waals surface area contributed by atoms with E-state index in [1.54, 1.807) is 0 Å². The van der Waals surface area contributed by atoms with Gasteiger partial charge >= 0.3 is 0 Å². The van der Waals surface area contributed by atoms with Gasteiger partial charge in [-0.2, -0.15) is 0 Å². The molecule has 0 spiro atoms. The zero-order chi connectivity index (χ0) is 12.4. The van der Waals surface area contributed by atoms with Crippen molar-refractivity contribution < 1.29 is 4.21 Å². The monoisotopic (exact) mass is 266 g/mol. The molecule has 3 aliphatic carbocycles. The summed E-state index contributed by atoms with van der Waals surface area (Å²) >= 11 is 0. The Labute approximate surface area is 114 Å². The van der Waals surface area contributed by atoms with E-state index in [4.69, 9.17) is 0 Å². The summed E-state index contributed by atoms with van der Waals surface area (Å²) in [6.07, 6.45) is 5.80. The predicted molar refractivity (Wildman–Crippen MR) is 75.6 cm³/mol. The Kier molecular flexibility index (Phi) is 2.70. The van der Waals surface area contributed by atoms with Gasteiger partial charge < -0.3 is 0 Å². The van der Waals surface area contributed by atoms with Crippen LogP contribution in [0.2, 0.25) is 0 Å². The summed E-state index contributed by atoms with van der Waals surface area (Å²) in [5.74, 6) is 9.85. The molecule has 18 heavy (non-hydrogen) atoms. The van der Waals surface area contributed by atoms with Gasteiger partial charge in [0.25, 0.3) is 0 Å². The highest BCUT2D eigenvalue weighted by Crippen LogP contribution is 2.68. The van der Waals surface area contributed by atoms with Crippen molar-refractivity contribution in [2.24, 2.45) is 47.3 Å². The van der Waals surface area contributed by atoms with Crippen LogP contribution in [0, 0.1) is 47.3 Å². The van der Waals surface area contributed by atoms with Crippen molar-refractivity contribution in [2.45, 2.75) is 39.5 Å². The Morgan fingerprint density at radius 1 is 0.833 bits per heavy atom. The lowest BCUT2D eigenvalue weighted by molar-refractivity contribution is 0.105. The third-order valence-corrected chi connectivity index (χ3v) is 8.64. The van der Waals surface area contributed by atoms with Crippen LogP contribution in [0.4, 0.5) is 0 Å². The molecule has 2 bridgehead atoms. The van der Waals surface area contributed by atoms with Gasteiger partial charge in [-0.15, -0.1) is 0 Å². The minimum Gasteiger partial charge on any atom is -0.260 e. The van der Waals surface area contributed by atoms with Gasteiger partial charge in [0.15, 0.2) is 0 Å². The van der Waals surface area contributed by atoms with Crippen LogP contribution >= 0.6 is 0 Å². The van der Waals surface area contributed by atoms with E-state index >= 15 is 0 Å². The van der Waals surface area contributed by atoms with E-state index in [1.807, 2.05) is 0 Å². The summed E-state index contributed by atoms with van der Waals surface area (Å²) in [7, 11) is -0.467. The second kappa shape index (κ2) is 4.07. The highest BCUT2D eigenvalue weighted by molar-refractivity contribution is 7.85. The van der Waals surface area contributed by atoms with E-state index in [9.17, 15) is 4.21 Å². The maximum Gasteiger partial charge on any atom is 0.0269 e. The van der Waals surface area contributed by atoms with Crippen molar-refractivity contribution in [3.8, 4) is 0 Å². The van der Waals surface area contributed by atoms with Crippen LogP contribution in [0.25, 0.3) is 0 Å². The molecule has 1 nitrogen and oxygen atoms in total. The zero-order valence-corrected chi connectivity index (χ0v) is 12.5. The number of hydrogen-bond donors (Lipinski definition) is 0. The second-order valence-electron chi connectivity index (χ2n) is 7.39. The van der Waals surface area contributed by atoms with Crippen LogP contribution < -0.4 is 0 Å². The highest BCUT2D eigenvalue weighted by atomic mass is 32.2. The van der Waals surface area contributed by atoms with E-state index in [1.165, 1.54) is 25.7 Å². The Hall–Kier alpha value is 0.150. The lowest BCUT2D eigenvalue weighted by Crippen LogP contribution is -2.35. The molecule has 1 aliphatic heterocycles. The molecule has 0 amide bonds. The third kappa shape index (κ3) is 1.36. The van der Waals surface area contributed by atoms with Crippen LogP contribution in [-0.2, 0) is 10.8 Å². The molecule has 8 unspecified atom stereocenters. The lowest BCUT2D eigenvalue weighted by Gasteiger charge is -2.37. The first-order valence-corrected chi connectivity index (χ1v) is 9.58. The van der Waals surface area contributed by atoms with Crippen LogP contribution in [-0.4, -0.2) is 15.7 Å². The molecule has 2 heteroatoms. The number of rotatable bonds is 2. The second-order valence-corrected chi connectivity index (χ2v) is 8.94. The highest BCUT2D eigenvalue weighted by Gasteiger charge is 2.64. The lowest BCUT2D eigenvalue weighted by atomic mass is 9.67. The average Bonchev–Trinajstić information content (AvgIpc) is 3.03. The van der Waals surface area contributed by atoms with Crippen molar-refractivity contribution >= 4 is 10.8 Å². The van der Waals surface area contributed by atoms with Gasteiger partial charge in [0.2, 0.25) is 0 Å². The molecule has 0 aromatic carbocycles. The molecule has 3 saturated carbocycles. The van der Waals surface area contributed by atoms with E-state index in [2.05, 4.69) is 13.8 Å². The fourth-order valence-corrected chi connectivity index (χ4v) is 8.64. The van der Waals surface area contributed by atoms with Gasteiger partial charge in [-0.3, -0.25) is 4.21 Å². The van der Waals surface area contributed by atoms with E-state index in [0.717, 1.165) is 58.8 Å². The normalized spacial score (nSPS) is 61.1. The van der Waals surface area contributed by atoms with Crippen LogP contribution in [0.15, 0.2) is 0 Å². The first-order chi connectivity index (χ1) is 8.74. The fourth-order valence-electron chi connectivity index (χ4n) is 6.66. The predicted octanol–water partition coefficient (Wildman–Crippen LogP) is 3.32. The summed E-state index contributed by atoms with van der Waals surface area (Å²) in [5.41, 5.74) is 0. The molecule has 1 saturated heterocycles. The van der Waals surface area contributed by atoms with E-state index < -0.39 is 10.8 Å². The summed E-state index contributed by atoms with van der Waals surface area (Å²) in [6.45, 7) is 4.80. The zero-order valence-electron chi connectivity index (χ0n) is 11.7. The molecule has 4 rings (SSSR count). The molecular formula is C16H26OS. The smallest absolute Gasteiger partial charge is 0.0269 e. The fraction of sp³-hybridized carbons (Fsp3) is 1.00. The summed E-state index contributed by atoms with van der Waals surface area (Å²) < 4.78 is 11.9. The van der Waals surface area contributed by atoms with Gasteiger partial charge in [0.1, 0.15) is 0 Å². The van der Waals surface area contributed by atoms with Crippen molar-refractivity contribution in [2.75, 3.05) is 11.5 Å². The molecule has 0 N–H and O–H groups in total. The Bertz CT molecular complexity index is 347. The van der Waals surface area contributed by atoms with Crippen LogP contribution in [0.3, 0.4) is 0 Å². The van der Waals surface area contributed by atoms with Crippen molar-refractivity contribution in [1.29, 1.82) is 0 Å². The first-order valence-electron chi connectivity index (χ1n) is 8.09. The van der Waals surface area contributed by atoms with Crippen LogP contribution in [0.5, 0.6) is 0 Å². The Morgan fingerprint density at radius 3 is 1.78 bits per heavy atom. The Balaban J connectivity index is 1.67. The molecule has 102 valence electrons. The van der Waals surface area contributed by atoms with Gasteiger partial charge in [-0.05, 0) is 60.2 Å². The quantitative estimate of drug-likeness (QED) is 0.749. The SMILES string of the molecule is CCC1CC(CC)C2C3CC(C4CS(=O)CC43)C12. The molecule has 1 heterocycles.